The summed E-state index contributed by atoms with van der Waals surface area (Å²) in [5, 5.41) is 8.25. The van der Waals surface area contributed by atoms with Crippen LogP contribution >= 0.6 is 11.5 Å². The van der Waals surface area contributed by atoms with Crippen LogP contribution in [0.5, 0.6) is 0 Å². The van der Waals surface area contributed by atoms with Gasteiger partial charge in [0.25, 0.3) is 0 Å². The molecule has 1 heterocycles. The van der Waals surface area contributed by atoms with Crippen molar-refractivity contribution >= 4 is 22.5 Å². The molecule has 1 saturated carbocycles. The first-order chi connectivity index (χ1) is 8.08. The second kappa shape index (κ2) is 5.00. The number of amidine groups is 1. The highest BCUT2D eigenvalue weighted by Crippen LogP contribution is 2.39. The molecule has 1 fully saturated rings. The van der Waals surface area contributed by atoms with E-state index in [0.717, 1.165) is 17.5 Å². The molecule has 0 aliphatic heterocycles. The Morgan fingerprint density at radius 3 is 2.82 bits per heavy atom. The molecule has 0 radical (unpaired) electrons. The second-order valence-corrected chi connectivity index (χ2v) is 5.50. The van der Waals surface area contributed by atoms with Gasteiger partial charge < -0.3 is 10.6 Å². The van der Waals surface area contributed by atoms with Crippen molar-refractivity contribution in [3.8, 4) is 0 Å². The lowest BCUT2D eigenvalue weighted by Gasteiger charge is -2.25. The van der Waals surface area contributed by atoms with E-state index in [-0.39, 0.29) is 5.84 Å². The van der Waals surface area contributed by atoms with Crippen molar-refractivity contribution in [3.05, 3.63) is 5.82 Å². The van der Waals surface area contributed by atoms with Gasteiger partial charge in [0.15, 0.2) is 0 Å². The third kappa shape index (κ3) is 3.15. The van der Waals surface area contributed by atoms with Crippen LogP contribution in [0.2, 0.25) is 0 Å². The fourth-order valence-corrected chi connectivity index (χ4v) is 2.57. The van der Waals surface area contributed by atoms with Gasteiger partial charge in [-0.25, -0.2) is 4.98 Å². The van der Waals surface area contributed by atoms with Crippen LogP contribution in [0.3, 0.4) is 0 Å². The van der Waals surface area contributed by atoms with Crippen LogP contribution in [0.4, 0.5) is 5.13 Å². The Morgan fingerprint density at radius 2 is 2.29 bits per heavy atom. The highest BCUT2D eigenvalue weighted by Gasteiger charge is 2.28. The first kappa shape index (κ1) is 12.3. The number of hydrogen-bond donors (Lipinski definition) is 2. The molecule has 0 amide bonds. The van der Waals surface area contributed by atoms with Gasteiger partial charge in [0.1, 0.15) is 5.82 Å². The number of anilines is 1. The zero-order chi connectivity index (χ0) is 12.4. The molecule has 1 aliphatic carbocycles. The number of rotatable bonds is 6. The normalized spacial score (nSPS) is 15.2. The van der Waals surface area contributed by atoms with Crippen molar-refractivity contribution in [2.75, 3.05) is 11.4 Å². The van der Waals surface area contributed by atoms with Crippen LogP contribution < -0.4 is 10.6 Å². The van der Waals surface area contributed by atoms with E-state index in [1.54, 1.807) is 0 Å². The number of nitrogens with zero attached hydrogens (tertiary/aromatic N) is 3. The Hall–Kier alpha value is -1.17. The smallest absolute Gasteiger partial charge is 0.205 e. The number of nitrogens with two attached hydrogens (primary N) is 1. The summed E-state index contributed by atoms with van der Waals surface area (Å²) in [6, 6.07) is 0.356. The predicted molar refractivity (Wildman–Crippen MR) is 70.9 cm³/mol. The maximum absolute atomic E-state index is 7.29. The molecule has 94 valence electrons. The molecule has 1 aliphatic rings. The number of aromatic nitrogens is 2. The van der Waals surface area contributed by atoms with Gasteiger partial charge in [-0.2, -0.15) is 4.37 Å². The molecule has 5 nitrogen and oxygen atoms in total. The average molecular weight is 253 g/mol. The summed E-state index contributed by atoms with van der Waals surface area (Å²) >= 11 is 1.46. The Balaban J connectivity index is 2.05. The third-order valence-corrected chi connectivity index (χ3v) is 3.63. The molecule has 6 heteroatoms. The maximum Gasteiger partial charge on any atom is 0.205 e. The largest absolute Gasteiger partial charge is 0.388 e. The van der Waals surface area contributed by atoms with E-state index >= 15 is 0 Å². The van der Waals surface area contributed by atoms with Crippen LogP contribution in [-0.2, 0) is 0 Å². The van der Waals surface area contributed by atoms with E-state index < -0.39 is 0 Å². The van der Waals surface area contributed by atoms with Crippen LogP contribution in [0.25, 0.3) is 0 Å². The van der Waals surface area contributed by atoms with Gasteiger partial charge in [0.2, 0.25) is 5.13 Å². The lowest BCUT2D eigenvalue weighted by Crippen LogP contribution is -2.33. The molecule has 1 aromatic rings. The van der Waals surface area contributed by atoms with Crippen LogP contribution in [-0.4, -0.2) is 27.8 Å². The molecule has 0 aromatic carbocycles. The zero-order valence-electron chi connectivity index (χ0n) is 10.3. The summed E-state index contributed by atoms with van der Waals surface area (Å²) in [5.74, 6) is 1.82. The minimum Gasteiger partial charge on any atom is -0.388 e. The standard InChI is InChI=1S/C11H19N5S/c1-7(2)16(6-5-9(12)13)11-14-10(15-17-11)8-3-4-8/h7-8H,3-6H2,1-2H3,(H3,12,13). The molecular weight excluding hydrogens is 234 g/mol. The van der Waals surface area contributed by atoms with Gasteiger partial charge in [-0.15, -0.1) is 0 Å². The number of nitrogens with one attached hydrogen (secondary N) is 1. The molecule has 2 rings (SSSR count). The SMILES string of the molecule is CC(C)N(CCC(=N)N)c1nc(C2CC2)ns1. The molecule has 0 saturated heterocycles. The quantitative estimate of drug-likeness (QED) is 0.600. The first-order valence-electron chi connectivity index (χ1n) is 6.01. The van der Waals surface area contributed by atoms with E-state index in [1.165, 1.54) is 24.4 Å². The fraction of sp³-hybridized carbons (Fsp3) is 0.727. The number of hydrogen-bond acceptors (Lipinski definition) is 5. The summed E-state index contributed by atoms with van der Waals surface area (Å²) in [5.41, 5.74) is 5.41. The third-order valence-electron chi connectivity index (χ3n) is 2.86. The highest BCUT2D eigenvalue weighted by atomic mass is 32.1. The fourth-order valence-electron chi connectivity index (χ4n) is 1.67. The Kier molecular flexibility index (Phi) is 3.61. The van der Waals surface area contributed by atoms with Crippen LogP contribution in [0, 0.1) is 5.41 Å². The van der Waals surface area contributed by atoms with Crippen molar-refractivity contribution in [1.82, 2.24) is 9.36 Å². The predicted octanol–water partition coefficient (Wildman–Crippen LogP) is 1.96. The van der Waals surface area contributed by atoms with Crippen molar-refractivity contribution in [2.45, 2.75) is 45.1 Å². The van der Waals surface area contributed by atoms with Gasteiger partial charge in [0.05, 0.1) is 5.84 Å². The van der Waals surface area contributed by atoms with Crippen LogP contribution in [0.1, 0.15) is 44.9 Å². The van der Waals surface area contributed by atoms with Gasteiger partial charge in [0, 0.05) is 36.5 Å². The highest BCUT2D eigenvalue weighted by molar-refractivity contribution is 7.09. The van der Waals surface area contributed by atoms with E-state index in [9.17, 15) is 0 Å². The lowest BCUT2D eigenvalue weighted by molar-refractivity contribution is 0.684. The topological polar surface area (TPSA) is 78.9 Å². The van der Waals surface area contributed by atoms with Crippen molar-refractivity contribution < 1.29 is 0 Å². The molecule has 3 N–H and O–H groups in total. The van der Waals surface area contributed by atoms with Gasteiger partial charge >= 0.3 is 0 Å². The first-order valence-corrected chi connectivity index (χ1v) is 6.78. The van der Waals surface area contributed by atoms with E-state index in [1.807, 2.05) is 0 Å². The van der Waals surface area contributed by atoms with E-state index in [4.69, 9.17) is 11.1 Å². The second-order valence-electron chi connectivity index (χ2n) is 4.77. The monoisotopic (exact) mass is 253 g/mol. The molecular formula is C11H19N5S. The van der Waals surface area contributed by atoms with Gasteiger partial charge in [-0.1, -0.05) is 0 Å². The molecule has 17 heavy (non-hydrogen) atoms. The summed E-state index contributed by atoms with van der Waals surface area (Å²) in [6.07, 6.45) is 3.03. The summed E-state index contributed by atoms with van der Waals surface area (Å²) in [4.78, 5) is 6.77. The Bertz CT molecular complexity index is 396. The summed E-state index contributed by atoms with van der Waals surface area (Å²) < 4.78 is 4.41. The molecule has 0 unspecified atom stereocenters. The van der Waals surface area contributed by atoms with Gasteiger partial charge in [-0.05, 0) is 26.7 Å². The Morgan fingerprint density at radius 1 is 1.59 bits per heavy atom. The maximum atomic E-state index is 7.29. The lowest BCUT2D eigenvalue weighted by atomic mass is 10.3. The minimum absolute atomic E-state index is 0.225. The van der Waals surface area contributed by atoms with Gasteiger partial charge in [-0.3, -0.25) is 5.41 Å². The van der Waals surface area contributed by atoms with Crippen molar-refractivity contribution in [2.24, 2.45) is 5.73 Å². The molecule has 0 atom stereocenters. The zero-order valence-corrected chi connectivity index (χ0v) is 11.1. The molecule has 1 aromatic heterocycles. The summed E-state index contributed by atoms with van der Waals surface area (Å²) in [6.45, 7) is 4.99. The Labute approximate surface area is 106 Å². The van der Waals surface area contributed by atoms with Crippen molar-refractivity contribution in [3.63, 3.8) is 0 Å². The molecule has 0 bridgehead atoms. The average Bonchev–Trinajstić information content (AvgIpc) is 2.98. The van der Waals surface area contributed by atoms with Crippen molar-refractivity contribution in [1.29, 1.82) is 5.41 Å². The minimum atomic E-state index is 0.225. The molecule has 0 spiro atoms. The van der Waals surface area contributed by atoms with E-state index in [2.05, 4.69) is 28.1 Å². The van der Waals surface area contributed by atoms with Crippen LogP contribution in [0.15, 0.2) is 0 Å². The summed E-state index contributed by atoms with van der Waals surface area (Å²) in [7, 11) is 0. The van der Waals surface area contributed by atoms with E-state index in [0.29, 0.717) is 18.4 Å².